The van der Waals surface area contributed by atoms with Gasteiger partial charge in [-0.1, -0.05) is 12.1 Å². The van der Waals surface area contributed by atoms with Crippen molar-refractivity contribution in [3.05, 3.63) is 53.8 Å². The Morgan fingerprint density at radius 2 is 1.76 bits per heavy atom. The second kappa shape index (κ2) is 9.56. The Morgan fingerprint density at radius 1 is 1.07 bits per heavy atom. The first-order chi connectivity index (χ1) is 13.9. The molecule has 1 aliphatic heterocycles. The van der Waals surface area contributed by atoms with Crippen LogP contribution >= 0.6 is 0 Å². The van der Waals surface area contributed by atoms with E-state index in [1.807, 2.05) is 12.1 Å². The summed E-state index contributed by atoms with van der Waals surface area (Å²) in [6, 6.07) is 11.9. The van der Waals surface area contributed by atoms with Gasteiger partial charge in [-0.05, 0) is 56.3 Å². The third-order valence-electron chi connectivity index (χ3n) is 5.02. The number of hydrogen-bond donors (Lipinski definition) is 1. The maximum Gasteiger partial charge on any atom is 0.240 e. The molecule has 0 atom stereocenters. The average Bonchev–Trinajstić information content (AvgIpc) is 2.71. The molecule has 2 aromatic rings. The Morgan fingerprint density at radius 3 is 2.38 bits per heavy atom. The van der Waals surface area contributed by atoms with Crippen LogP contribution in [0.1, 0.15) is 12.5 Å². The quantitative estimate of drug-likeness (QED) is 0.710. The molecule has 1 heterocycles. The first-order valence-corrected chi connectivity index (χ1v) is 11.3. The van der Waals surface area contributed by atoms with E-state index in [1.54, 1.807) is 6.92 Å². The summed E-state index contributed by atoms with van der Waals surface area (Å²) in [4.78, 5) is 4.56. The van der Waals surface area contributed by atoms with Crippen molar-refractivity contribution in [3.63, 3.8) is 0 Å². The van der Waals surface area contributed by atoms with E-state index in [0.29, 0.717) is 13.0 Å². The number of sulfonamides is 1. The number of nitrogens with one attached hydrogen (secondary N) is 1. The van der Waals surface area contributed by atoms with Crippen LogP contribution in [-0.2, 0) is 16.4 Å². The van der Waals surface area contributed by atoms with Gasteiger partial charge in [0.2, 0.25) is 10.0 Å². The van der Waals surface area contributed by atoms with Crippen LogP contribution in [0.15, 0.2) is 47.4 Å². The van der Waals surface area contributed by atoms with Gasteiger partial charge < -0.3 is 14.5 Å². The molecule has 158 valence electrons. The Hall–Kier alpha value is -2.16. The van der Waals surface area contributed by atoms with Gasteiger partial charge in [0.1, 0.15) is 0 Å². The summed E-state index contributed by atoms with van der Waals surface area (Å²) in [5.41, 5.74) is 2.23. The molecule has 1 fully saturated rings. The minimum atomic E-state index is -3.77. The van der Waals surface area contributed by atoms with Crippen LogP contribution in [0, 0.1) is 5.82 Å². The Balaban J connectivity index is 1.54. The van der Waals surface area contributed by atoms with E-state index >= 15 is 0 Å². The van der Waals surface area contributed by atoms with Crippen molar-refractivity contribution in [2.45, 2.75) is 18.2 Å². The molecule has 1 N–H and O–H groups in total. The molecule has 0 aliphatic carbocycles. The highest BCUT2D eigenvalue weighted by Gasteiger charge is 2.17. The molecule has 6 nitrogen and oxygen atoms in total. The molecule has 2 aromatic carbocycles. The monoisotopic (exact) mass is 421 g/mol. The number of hydrogen-bond acceptors (Lipinski definition) is 5. The summed E-state index contributed by atoms with van der Waals surface area (Å²) in [6.45, 7) is 6.41. The number of anilines is 1. The van der Waals surface area contributed by atoms with Crippen molar-refractivity contribution >= 4 is 15.7 Å². The molecule has 0 spiro atoms. The highest BCUT2D eigenvalue weighted by Crippen LogP contribution is 2.21. The zero-order valence-corrected chi connectivity index (χ0v) is 17.7. The lowest BCUT2D eigenvalue weighted by Crippen LogP contribution is -2.44. The summed E-state index contributed by atoms with van der Waals surface area (Å²) < 4.78 is 46.4. The fourth-order valence-electron chi connectivity index (χ4n) is 3.27. The maximum atomic E-state index is 13.9. The molecule has 29 heavy (non-hydrogen) atoms. The molecule has 0 radical (unpaired) electrons. The van der Waals surface area contributed by atoms with Gasteiger partial charge in [-0.3, -0.25) is 0 Å². The van der Waals surface area contributed by atoms with Crippen LogP contribution in [0.5, 0.6) is 5.75 Å². The number of halogens is 1. The Bertz CT molecular complexity index is 911. The number of nitrogens with zero attached hydrogens (tertiary/aromatic N) is 2. The lowest BCUT2D eigenvalue weighted by atomic mass is 10.1. The summed E-state index contributed by atoms with van der Waals surface area (Å²) in [5, 5.41) is 0. The third-order valence-corrected chi connectivity index (χ3v) is 6.48. The molecular weight excluding hydrogens is 393 g/mol. The van der Waals surface area contributed by atoms with E-state index in [1.165, 1.54) is 17.8 Å². The zero-order valence-electron chi connectivity index (χ0n) is 16.9. The predicted molar refractivity (Wildman–Crippen MR) is 113 cm³/mol. The summed E-state index contributed by atoms with van der Waals surface area (Å²) in [5.74, 6) is -0.638. The van der Waals surface area contributed by atoms with Crippen molar-refractivity contribution < 1.29 is 17.5 Å². The van der Waals surface area contributed by atoms with Crippen LogP contribution in [-0.4, -0.2) is 59.7 Å². The van der Waals surface area contributed by atoms with Gasteiger partial charge in [-0.2, -0.15) is 0 Å². The first kappa shape index (κ1) is 21.5. The summed E-state index contributed by atoms with van der Waals surface area (Å²) >= 11 is 0. The lowest BCUT2D eigenvalue weighted by Gasteiger charge is -2.34. The number of ether oxygens (including phenoxy) is 1. The molecule has 0 saturated carbocycles. The van der Waals surface area contributed by atoms with Crippen molar-refractivity contribution in [3.8, 4) is 5.75 Å². The van der Waals surface area contributed by atoms with Gasteiger partial charge in [0.15, 0.2) is 11.6 Å². The van der Waals surface area contributed by atoms with Crippen LogP contribution < -0.4 is 14.4 Å². The van der Waals surface area contributed by atoms with Gasteiger partial charge in [0.05, 0.1) is 11.5 Å². The smallest absolute Gasteiger partial charge is 0.240 e. The van der Waals surface area contributed by atoms with E-state index in [2.05, 4.69) is 33.7 Å². The van der Waals surface area contributed by atoms with E-state index in [0.717, 1.165) is 37.8 Å². The van der Waals surface area contributed by atoms with Gasteiger partial charge in [-0.25, -0.2) is 17.5 Å². The fraction of sp³-hybridized carbons (Fsp3) is 0.429. The maximum absolute atomic E-state index is 13.9. The summed E-state index contributed by atoms with van der Waals surface area (Å²) in [6.07, 6.45) is 0.557. The van der Waals surface area contributed by atoms with Crippen molar-refractivity contribution in [1.29, 1.82) is 0 Å². The third kappa shape index (κ3) is 5.68. The lowest BCUT2D eigenvalue weighted by molar-refractivity contribution is 0.313. The second-order valence-corrected chi connectivity index (χ2v) is 8.90. The number of rotatable bonds is 8. The van der Waals surface area contributed by atoms with E-state index < -0.39 is 15.8 Å². The molecule has 3 rings (SSSR count). The molecule has 8 heteroatoms. The topological polar surface area (TPSA) is 61.9 Å². The highest BCUT2D eigenvalue weighted by molar-refractivity contribution is 7.89. The normalized spacial score (nSPS) is 15.5. The molecule has 0 amide bonds. The van der Waals surface area contributed by atoms with Gasteiger partial charge in [0.25, 0.3) is 0 Å². The molecule has 0 bridgehead atoms. The van der Waals surface area contributed by atoms with Gasteiger partial charge >= 0.3 is 0 Å². The summed E-state index contributed by atoms with van der Waals surface area (Å²) in [7, 11) is -1.65. The molecule has 0 unspecified atom stereocenters. The Kier molecular flexibility index (Phi) is 7.10. The molecule has 0 aromatic heterocycles. The molecular formula is C21H28FN3O3S. The van der Waals surface area contributed by atoms with E-state index in [9.17, 15) is 12.8 Å². The van der Waals surface area contributed by atoms with Crippen molar-refractivity contribution in [2.75, 3.05) is 51.3 Å². The fourth-order valence-corrected chi connectivity index (χ4v) is 4.32. The number of piperazine rings is 1. The highest BCUT2D eigenvalue weighted by atomic mass is 32.2. The minimum absolute atomic E-state index is 0.0480. The standard InChI is InChI=1S/C21H28FN3O3S/c1-3-28-21-9-8-19(16-20(21)22)29(26,27)23-11-10-17-4-6-18(7-5-17)25-14-12-24(2)13-15-25/h4-9,16,23H,3,10-15H2,1-2H3. The van der Waals surface area contributed by atoms with E-state index in [-0.39, 0.29) is 17.2 Å². The largest absolute Gasteiger partial charge is 0.491 e. The van der Waals surface area contributed by atoms with Crippen LogP contribution in [0.2, 0.25) is 0 Å². The van der Waals surface area contributed by atoms with Crippen molar-refractivity contribution in [2.24, 2.45) is 0 Å². The predicted octanol–water partition coefficient (Wildman–Crippen LogP) is 2.50. The average molecular weight is 422 g/mol. The molecule has 1 saturated heterocycles. The van der Waals surface area contributed by atoms with Gasteiger partial charge in [-0.15, -0.1) is 0 Å². The number of benzene rings is 2. The first-order valence-electron chi connectivity index (χ1n) is 9.83. The van der Waals surface area contributed by atoms with Gasteiger partial charge in [0, 0.05) is 38.4 Å². The SMILES string of the molecule is CCOc1ccc(S(=O)(=O)NCCc2ccc(N3CCN(C)CC3)cc2)cc1F. The second-order valence-electron chi connectivity index (χ2n) is 7.13. The minimum Gasteiger partial charge on any atom is -0.491 e. The number of likely N-dealkylation sites (N-methyl/N-ethyl adjacent to an activating group) is 1. The van der Waals surface area contributed by atoms with Crippen LogP contribution in [0.3, 0.4) is 0 Å². The zero-order chi connectivity index (χ0) is 20.9. The van der Waals surface area contributed by atoms with Crippen LogP contribution in [0.4, 0.5) is 10.1 Å². The Labute approximate surface area is 172 Å². The molecule has 1 aliphatic rings. The van der Waals surface area contributed by atoms with Crippen molar-refractivity contribution in [1.82, 2.24) is 9.62 Å². The van der Waals surface area contributed by atoms with E-state index in [4.69, 9.17) is 4.74 Å². The van der Waals surface area contributed by atoms with Crippen LogP contribution in [0.25, 0.3) is 0 Å².